The van der Waals surface area contributed by atoms with Crippen molar-refractivity contribution < 1.29 is 4.39 Å². The molecule has 0 aromatic heterocycles. The van der Waals surface area contributed by atoms with Gasteiger partial charge in [0.25, 0.3) is 0 Å². The van der Waals surface area contributed by atoms with E-state index in [1.165, 1.54) is 17.9 Å². The van der Waals surface area contributed by atoms with Crippen LogP contribution in [0.4, 0.5) is 10.1 Å². The van der Waals surface area contributed by atoms with E-state index in [1.807, 2.05) is 12.1 Å². The Kier molecular flexibility index (Phi) is 3.75. The molecule has 3 rings (SSSR count). The predicted molar refractivity (Wildman–Crippen MR) is 75.9 cm³/mol. The van der Waals surface area contributed by atoms with Crippen molar-refractivity contribution in [1.82, 2.24) is 4.90 Å². The van der Waals surface area contributed by atoms with Gasteiger partial charge in [0.05, 0.1) is 0 Å². The molecule has 1 atom stereocenters. The SMILES string of the molecule is Fc1ccc(N2CCN([C@@H]3CCSC3)CC2)cc1. The lowest BCUT2D eigenvalue weighted by Gasteiger charge is -2.38. The van der Waals surface area contributed by atoms with Crippen LogP contribution in [0.5, 0.6) is 0 Å². The lowest BCUT2D eigenvalue weighted by atomic mass is 10.1. The quantitative estimate of drug-likeness (QED) is 0.812. The van der Waals surface area contributed by atoms with Gasteiger partial charge in [-0.3, -0.25) is 4.90 Å². The number of rotatable bonds is 2. The molecule has 2 aliphatic heterocycles. The molecule has 2 nitrogen and oxygen atoms in total. The third-order valence-electron chi connectivity index (χ3n) is 3.93. The number of hydrogen-bond acceptors (Lipinski definition) is 3. The fourth-order valence-electron chi connectivity index (χ4n) is 2.81. The third-order valence-corrected chi connectivity index (χ3v) is 5.07. The van der Waals surface area contributed by atoms with E-state index in [4.69, 9.17) is 0 Å². The zero-order valence-corrected chi connectivity index (χ0v) is 11.3. The van der Waals surface area contributed by atoms with Crippen LogP contribution in [0.25, 0.3) is 0 Å². The topological polar surface area (TPSA) is 6.48 Å². The highest BCUT2D eigenvalue weighted by molar-refractivity contribution is 7.99. The Bertz CT molecular complexity index is 381. The molecule has 0 N–H and O–H groups in total. The first kappa shape index (κ1) is 12.3. The normalized spacial score (nSPS) is 25.6. The van der Waals surface area contributed by atoms with Crippen molar-refractivity contribution in [2.75, 3.05) is 42.6 Å². The maximum Gasteiger partial charge on any atom is 0.123 e. The molecular formula is C14H19FN2S. The summed E-state index contributed by atoms with van der Waals surface area (Å²) < 4.78 is 12.9. The molecule has 4 heteroatoms. The largest absolute Gasteiger partial charge is 0.369 e. The van der Waals surface area contributed by atoms with Gasteiger partial charge in [0.2, 0.25) is 0 Å². The zero-order chi connectivity index (χ0) is 12.4. The zero-order valence-electron chi connectivity index (χ0n) is 10.5. The van der Waals surface area contributed by atoms with Crippen molar-refractivity contribution in [2.24, 2.45) is 0 Å². The van der Waals surface area contributed by atoms with Gasteiger partial charge in [0.15, 0.2) is 0 Å². The lowest BCUT2D eigenvalue weighted by Crippen LogP contribution is -2.50. The van der Waals surface area contributed by atoms with Crippen molar-refractivity contribution in [3.05, 3.63) is 30.1 Å². The Morgan fingerprint density at radius 1 is 1.06 bits per heavy atom. The molecule has 0 aliphatic carbocycles. The minimum atomic E-state index is -0.152. The summed E-state index contributed by atoms with van der Waals surface area (Å²) in [6.45, 7) is 4.41. The van der Waals surface area contributed by atoms with E-state index in [-0.39, 0.29) is 5.82 Å². The van der Waals surface area contributed by atoms with Gasteiger partial charge in [0, 0.05) is 43.7 Å². The van der Waals surface area contributed by atoms with Gasteiger partial charge < -0.3 is 4.90 Å². The Morgan fingerprint density at radius 3 is 2.39 bits per heavy atom. The first-order valence-corrected chi connectivity index (χ1v) is 7.81. The molecule has 2 aliphatic rings. The van der Waals surface area contributed by atoms with Gasteiger partial charge in [-0.1, -0.05) is 0 Å². The van der Waals surface area contributed by atoms with Crippen LogP contribution in [0.1, 0.15) is 6.42 Å². The second-order valence-corrected chi connectivity index (χ2v) is 6.17. The van der Waals surface area contributed by atoms with Crippen LogP contribution in [0, 0.1) is 5.82 Å². The number of halogens is 1. The van der Waals surface area contributed by atoms with Crippen LogP contribution in [0.3, 0.4) is 0 Å². The van der Waals surface area contributed by atoms with E-state index in [2.05, 4.69) is 21.6 Å². The lowest BCUT2D eigenvalue weighted by molar-refractivity contribution is 0.201. The van der Waals surface area contributed by atoms with Crippen molar-refractivity contribution in [3.63, 3.8) is 0 Å². The van der Waals surface area contributed by atoms with Gasteiger partial charge in [-0.15, -0.1) is 0 Å². The molecule has 0 spiro atoms. The van der Waals surface area contributed by atoms with Gasteiger partial charge in [-0.25, -0.2) is 4.39 Å². The minimum Gasteiger partial charge on any atom is -0.369 e. The van der Waals surface area contributed by atoms with Crippen LogP contribution in [-0.2, 0) is 0 Å². The van der Waals surface area contributed by atoms with Crippen molar-refractivity contribution in [1.29, 1.82) is 0 Å². The molecular weight excluding hydrogens is 247 g/mol. The van der Waals surface area contributed by atoms with E-state index in [0.29, 0.717) is 0 Å². The molecule has 1 aromatic rings. The van der Waals surface area contributed by atoms with Gasteiger partial charge in [-0.05, 0) is 36.4 Å². The van der Waals surface area contributed by atoms with Gasteiger partial charge in [-0.2, -0.15) is 11.8 Å². The van der Waals surface area contributed by atoms with E-state index in [1.54, 1.807) is 12.1 Å². The Morgan fingerprint density at radius 2 is 1.78 bits per heavy atom. The predicted octanol–water partition coefficient (Wildman–Crippen LogP) is 2.45. The van der Waals surface area contributed by atoms with Crippen molar-refractivity contribution >= 4 is 17.4 Å². The number of benzene rings is 1. The average Bonchev–Trinajstić information content (AvgIpc) is 2.94. The summed E-state index contributed by atoms with van der Waals surface area (Å²) in [6.07, 6.45) is 1.35. The van der Waals surface area contributed by atoms with Crippen LogP contribution >= 0.6 is 11.8 Å². The molecule has 98 valence electrons. The first-order chi connectivity index (χ1) is 8.83. The average molecular weight is 266 g/mol. The Labute approximate surface area is 112 Å². The molecule has 0 radical (unpaired) electrons. The fraction of sp³-hybridized carbons (Fsp3) is 0.571. The summed E-state index contributed by atoms with van der Waals surface area (Å²) in [5, 5.41) is 0. The Balaban J connectivity index is 1.57. The molecule has 0 unspecified atom stereocenters. The molecule has 0 bridgehead atoms. The van der Waals surface area contributed by atoms with Crippen LogP contribution in [0.2, 0.25) is 0 Å². The molecule has 2 saturated heterocycles. The van der Waals surface area contributed by atoms with Gasteiger partial charge in [0.1, 0.15) is 5.82 Å². The van der Waals surface area contributed by atoms with E-state index in [0.717, 1.165) is 37.9 Å². The van der Waals surface area contributed by atoms with Gasteiger partial charge >= 0.3 is 0 Å². The second kappa shape index (κ2) is 5.49. The maximum absolute atomic E-state index is 12.9. The molecule has 2 fully saturated rings. The number of nitrogens with zero attached hydrogens (tertiary/aromatic N) is 2. The highest BCUT2D eigenvalue weighted by Gasteiger charge is 2.26. The van der Waals surface area contributed by atoms with Crippen molar-refractivity contribution in [3.8, 4) is 0 Å². The highest BCUT2D eigenvalue weighted by atomic mass is 32.2. The minimum absolute atomic E-state index is 0.152. The molecule has 2 heterocycles. The van der Waals surface area contributed by atoms with Crippen molar-refractivity contribution in [2.45, 2.75) is 12.5 Å². The summed E-state index contributed by atoms with van der Waals surface area (Å²) >= 11 is 2.08. The Hall–Kier alpha value is -0.740. The second-order valence-electron chi connectivity index (χ2n) is 5.02. The monoisotopic (exact) mass is 266 g/mol. The fourth-order valence-corrected chi connectivity index (χ4v) is 4.06. The summed E-state index contributed by atoms with van der Waals surface area (Å²) in [6, 6.07) is 7.67. The summed E-state index contributed by atoms with van der Waals surface area (Å²) in [7, 11) is 0. The number of thioether (sulfide) groups is 1. The van der Waals surface area contributed by atoms with Crippen LogP contribution in [0.15, 0.2) is 24.3 Å². The standard InChI is InChI=1S/C14H19FN2S/c15-12-1-3-13(4-2-12)16-6-8-17(9-7-16)14-5-10-18-11-14/h1-4,14H,5-11H2/t14-/m1/s1. The first-order valence-electron chi connectivity index (χ1n) is 6.65. The number of hydrogen-bond donors (Lipinski definition) is 0. The number of anilines is 1. The molecule has 0 saturated carbocycles. The van der Waals surface area contributed by atoms with E-state index >= 15 is 0 Å². The molecule has 1 aromatic carbocycles. The third kappa shape index (κ3) is 2.64. The highest BCUT2D eigenvalue weighted by Crippen LogP contribution is 2.24. The summed E-state index contributed by atoms with van der Waals surface area (Å²) in [5.41, 5.74) is 1.15. The maximum atomic E-state index is 12.9. The molecule has 0 amide bonds. The van der Waals surface area contributed by atoms with E-state index in [9.17, 15) is 4.39 Å². The van der Waals surface area contributed by atoms with Crippen LogP contribution < -0.4 is 4.90 Å². The number of piperazine rings is 1. The molecule has 18 heavy (non-hydrogen) atoms. The van der Waals surface area contributed by atoms with E-state index < -0.39 is 0 Å². The summed E-state index contributed by atoms with van der Waals surface area (Å²) in [5.74, 6) is 2.47. The summed E-state index contributed by atoms with van der Waals surface area (Å²) in [4.78, 5) is 4.98. The smallest absolute Gasteiger partial charge is 0.123 e. The van der Waals surface area contributed by atoms with Crippen LogP contribution in [-0.4, -0.2) is 48.6 Å².